The van der Waals surface area contributed by atoms with Crippen molar-refractivity contribution in [3.05, 3.63) is 72.3 Å². The maximum Gasteiger partial charge on any atom is 0.237 e. The molecule has 0 fully saturated rings. The van der Waals surface area contributed by atoms with Gasteiger partial charge in [0.25, 0.3) is 0 Å². The number of nitrogens with zero attached hydrogens (tertiary/aromatic N) is 4. The number of aryl methyl sites for hydroxylation is 1. The molecule has 6 nitrogen and oxygen atoms in total. The predicted molar refractivity (Wildman–Crippen MR) is 111 cm³/mol. The fourth-order valence-electron chi connectivity index (χ4n) is 2.88. The lowest BCUT2D eigenvalue weighted by Gasteiger charge is -2.12. The van der Waals surface area contributed by atoms with Crippen LogP contribution in [0.2, 0.25) is 0 Å². The Labute approximate surface area is 171 Å². The van der Waals surface area contributed by atoms with Crippen molar-refractivity contribution in [2.45, 2.75) is 24.3 Å². The van der Waals surface area contributed by atoms with Crippen molar-refractivity contribution in [1.29, 1.82) is 0 Å². The summed E-state index contributed by atoms with van der Waals surface area (Å²) in [7, 11) is 0. The van der Waals surface area contributed by atoms with Crippen LogP contribution in [0.1, 0.15) is 12.7 Å². The number of halogens is 1. The Morgan fingerprint density at radius 2 is 1.83 bits per heavy atom. The Kier molecular flexibility index (Phi) is 5.26. The van der Waals surface area contributed by atoms with E-state index in [9.17, 15) is 9.18 Å². The zero-order valence-corrected chi connectivity index (χ0v) is 16.7. The molecule has 1 N–H and O–H groups in total. The van der Waals surface area contributed by atoms with E-state index in [2.05, 4.69) is 20.5 Å². The van der Waals surface area contributed by atoms with Crippen molar-refractivity contribution in [2.75, 3.05) is 5.32 Å². The monoisotopic (exact) mass is 407 g/mol. The third kappa shape index (κ3) is 4.12. The summed E-state index contributed by atoms with van der Waals surface area (Å²) in [5, 5.41) is 11.4. The minimum Gasteiger partial charge on any atom is -0.325 e. The number of rotatable bonds is 5. The molecular formula is C21H18FN5OS. The number of hydrogen-bond acceptors (Lipinski definition) is 5. The second-order valence-corrected chi connectivity index (χ2v) is 7.79. The molecule has 0 aliphatic rings. The number of carbonyl (C=O) groups excluding carboxylic acids is 1. The predicted octanol–water partition coefficient (Wildman–Crippen LogP) is 4.36. The first-order chi connectivity index (χ1) is 14.0. The zero-order chi connectivity index (χ0) is 20.4. The molecule has 29 heavy (non-hydrogen) atoms. The van der Waals surface area contributed by atoms with Crippen molar-refractivity contribution in [1.82, 2.24) is 19.6 Å². The van der Waals surface area contributed by atoms with Crippen molar-refractivity contribution in [3.8, 4) is 11.3 Å². The quantitative estimate of drug-likeness (QED) is 0.498. The first-order valence-corrected chi connectivity index (χ1v) is 9.90. The molecule has 146 valence electrons. The van der Waals surface area contributed by atoms with Gasteiger partial charge in [0.1, 0.15) is 11.6 Å². The summed E-state index contributed by atoms with van der Waals surface area (Å²) in [6.45, 7) is 3.67. The number of thioether (sulfide) groups is 1. The van der Waals surface area contributed by atoms with Gasteiger partial charge in [0.2, 0.25) is 5.91 Å². The largest absolute Gasteiger partial charge is 0.325 e. The molecule has 0 saturated heterocycles. The summed E-state index contributed by atoms with van der Waals surface area (Å²) >= 11 is 1.29. The lowest BCUT2D eigenvalue weighted by Crippen LogP contribution is -2.22. The number of fused-ring (bicyclic) bond motifs is 1. The van der Waals surface area contributed by atoms with E-state index in [0.717, 1.165) is 17.1 Å². The molecule has 0 radical (unpaired) electrons. The fraction of sp³-hybridized carbons (Fsp3) is 0.143. The number of aromatic nitrogens is 4. The Balaban J connectivity index is 1.55. The summed E-state index contributed by atoms with van der Waals surface area (Å²) < 4.78 is 14.8. The summed E-state index contributed by atoms with van der Waals surface area (Å²) in [5.41, 5.74) is 3.04. The van der Waals surface area contributed by atoms with E-state index in [1.807, 2.05) is 47.7 Å². The fourth-order valence-corrected chi connectivity index (χ4v) is 3.78. The van der Waals surface area contributed by atoms with Crippen LogP contribution in [0.4, 0.5) is 10.1 Å². The van der Waals surface area contributed by atoms with Crippen LogP contribution in [0.25, 0.3) is 16.9 Å². The van der Waals surface area contributed by atoms with Crippen LogP contribution in [-0.2, 0) is 4.79 Å². The Morgan fingerprint density at radius 1 is 1.10 bits per heavy atom. The lowest BCUT2D eigenvalue weighted by atomic mass is 10.1. The van der Waals surface area contributed by atoms with Crippen LogP contribution < -0.4 is 5.32 Å². The SMILES string of the molecule is Cc1nc(-c2ccccc2)cc2nnc(S[C@H](C)C(=O)Nc3ccc(F)cc3)n12. The van der Waals surface area contributed by atoms with Gasteiger partial charge in [0, 0.05) is 17.3 Å². The van der Waals surface area contributed by atoms with Gasteiger partial charge < -0.3 is 5.32 Å². The number of amides is 1. The summed E-state index contributed by atoms with van der Waals surface area (Å²) in [6.07, 6.45) is 0. The number of nitrogens with one attached hydrogen (secondary N) is 1. The Morgan fingerprint density at radius 3 is 2.55 bits per heavy atom. The first-order valence-electron chi connectivity index (χ1n) is 9.02. The van der Waals surface area contributed by atoms with Crippen LogP contribution >= 0.6 is 11.8 Å². The molecule has 4 rings (SSSR count). The van der Waals surface area contributed by atoms with Crippen molar-refractivity contribution in [2.24, 2.45) is 0 Å². The highest BCUT2D eigenvalue weighted by Crippen LogP contribution is 2.26. The molecular weight excluding hydrogens is 389 g/mol. The highest BCUT2D eigenvalue weighted by Gasteiger charge is 2.19. The van der Waals surface area contributed by atoms with Gasteiger partial charge in [-0.25, -0.2) is 9.37 Å². The summed E-state index contributed by atoms with van der Waals surface area (Å²) in [4.78, 5) is 17.2. The third-order valence-corrected chi connectivity index (χ3v) is 5.41. The van der Waals surface area contributed by atoms with Gasteiger partial charge in [-0.15, -0.1) is 10.2 Å². The van der Waals surface area contributed by atoms with Gasteiger partial charge in [-0.2, -0.15) is 0 Å². The molecule has 0 bridgehead atoms. The van der Waals surface area contributed by atoms with Gasteiger partial charge in [0.05, 0.1) is 10.9 Å². The molecule has 0 aliphatic heterocycles. The van der Waals surface area contributed by atoms with Gasteiger partial charge in [-0.3, -0.25) is 9.20 Å². The smallest absolute Gasteiger partial charge is 0.237 e. The number of hydrogen-bond donors (Lipinski definition) is 1. The van der Waals surface area contributed by atoms with Crippen LogP contribution in [0, 0.1) is 12.7 Å². The van der Waals surface area contributed by atoms with E-state index in [0.29, 0.717) is 16.5 Å². The maximum atomic E-state index is 13.0. The van der Waals surface area contributed by atoms with Gasteiger partial charge >= 0.3 is 0 Å². The highest BCUT2D eigenvalue weighted by molar-refractivity contribution is 8.00. The zero-order valence-electron chi connectivity index (χ0n) is 15.8. The van der Waals surface area contributed by atoms with E-state index in [4.69, 9.17) is 0 Å². The molecule has 2 heterocycles. The highest BCUT2D eigenvalue weighted by atomic mass is 32.2. The maximum absolute atomic E-state index is 13.0. The van der Waals surface area contributed by atoms with E-state index in [1.165, 1.54) is 36.0 Å². The topological polar surface area (TPSA) is 72.2 Å². The molecule has 8 heteroatoms. The molecule has 1 atom stereocenters. The molecule has 2 aromatic heterocycles. The number of benzene rings is 2. The van der Waals surface area contributed by atoms with E-state index >= 15 is 0 Å². The van der Waals surface area contributed by atoms with Crippen LogP contribution in [0.5, 0.6) is 0 Å². The minimum atomic E-state index is -0.430. The minimum absolute atomic E-state index is 0.204. The normalized spacial score (nSPS) is 12.1. The van der Waals surface area contributed by atoms with Crippen molar-refractivity contribution < 1.29 is 9.18 Å². The van der Waals surface area contributed by atoms with E-state index in [-0.39, 0.29) is 11.7 Å². The van der Waals surface area contributed by atoms with Gasteiger partial charge in [0.15, 0.2) is 10.8 Å². The van der Waals surface area contributed by atoms with Crippen LogP contribution in [-0.4, -0.2) is 30.7 Å². The summed E-state index contributed by atoms with van der Waals surface area (Å²) in [6, 6.07) is 17.4. The average molecular weight is 407 g/mol. The Bertz CT molecular complexity index is 1160. The molecule has 1 amide bonds. The lowest BCUT2D eigenvalue weighted by molar-refractivity contribution is -0.115. The molecule has 2 aromatic carbocycles. The van der Waals surface area contributed by atoms with Gasteiger partial charge in [-0.1, -0.05) is 42.1 Å². The second-order valence-electron chi connectivity index (χ2n) is 6.49. The molecule has 0 aliphatic carbocycles. The van der Waals surface area contributed by atoms with Crippen LogP contribution in [0.3, 0.4) is 0 Å². The first kappa shape index (κ1) is 19.1. The molecule has 0 unspecified atom stereocenters. The Hall–Kier alpha value is -3.26. The van der Waals surface area contributed by atoms with E-state index in [1.54, 1.807) is 6.92 Å². The van der Waals surface area contributed by atoms with Crippen molar-refractivity contribution >= 4 is 29.0 Å². The van der Waals surface area contributed by atoms with Crippen LogP contribution in [0.15, 0.2) is 65.8 Å². The molecule has 0 saturated carbocycles. The molecule has 0 spiro atoms. The standard InChI is InChI=1S/C21H18FN5OS/c1-13(20(28)24-17-10-8-16(22)9-11-17)29-21-26-25-19-12-18(23-14(2)27(19)21)15-6-4-3-5-7-15/h3-13H,1-2H3,(H,24,28)/t13-/m1/s1. The molecule has 4 aromatic rings. The van der Waals surface area contributed by atoms with Crippen molar-refractivity contribution in [3.63, 3.8) is 0 Å². The number of carbonyl (C=O) groups is 1. The second kappa shape index (κ2) is 8.00. The van der Waals surface area contributed by atoms with E-state index < -0.39 is 5.25 Å². The summed E-state index contributed by atoms with van der Waals surface area (Å²) in [5.74, 6) is 0.183. The average Bonchev–Trinajstić information content (AvgIpc) is 3.13. The van der Waals surface area contributed by atoms with Gasteiger partial charge in [-0.05, 0) is 38.1 Å². The number of anilines is 1. The third-order valence-electron chi connectivity index (χ3n) is 4.36.